The maximum absolute atomic E-state index is 6.19. The van der Waals surface area contributed by atoms with Crippen molar-refractivity contribution in [1.82, 2.24) is 5.32 Å². The number of hydrogen-bond donors (Lipinski definition) is 1. The topological polar surface area (TPSA) is 12.0 Å². The molecule has 2 aromatic carbocycles. The van der Waals surface area contributed by atoms with Crippen molar-refractivity contribution in [1.29, 1.82) is 0 Å². The Morgan fingerprint density at radius 2 is 1.75 bits per heavy atom. The van der Waals surface area contributed by atoms with E-state index in [-0.39, 0.29) is 0 Å². The van der Waals surface area contributed by atoms with Gasteiger partial charge in [0.05, 0.1) is 0 Å². The van der Waals surface area contributed by atoms with Crippen LogP contribution in [0.4, 0.5) is 0 Å². The number of benzene rings is 2. The summed E-state index contributed by atoms with van der Waals surface area (Å²) in [7, 11) is 1.97. The van der Waals surface area contributed by atoms with Crippen LogP contribution >= 0.6 is 35.0 Å². The minimum Gasteiger partial charge on any atom is -0.313 e. The summed E-state index contributed by atoms with van der Waals surface area (Å²) in [5, 5.41) is 4.70. The summed E-state index contributed by atoms with van der Waals surface area (Å²) in [6.07, 6.45) is 0. The molecule has 1 nitrogen and oxygen atoms in total. The quantitative estimate of drug-likeness (QED) is 0.721. The third kappa shape index (κ3) is 3.92. The Labute approximate surface area is 134 Å². The van der Waals surface area contributed by atoms with E-state index in [0.717, 1.165) is 21.4 Å². The second-order valence-electron chi connectivity index (χ2n) is 4.57. The fourth-order valence-corrected chi connectivity index (χ4v) is 3.57. The van der Waals surface area contributed by atoms with E-state index in [9.17, 15) is 0 Å². The minimum atomic E-state index is 0.347. The van der Waals surface area contributed by atoms with E-state index >= 15 is 0 Å². The van der Waals surface area contributed by atoms with E-state index in [0.29, 0.717) is 6.04 Å². The maximum atomic E-state index is 6.19. The van der Waals surface area contributed by atoms with Gasteiger partial charge < -0.3 is 5.32 Å². The number of hydrogen-bond acceptors (Lipinski definition) is 2. The molecule has 2 aromatic rings. The lowest BCUT2D eigenvalue weighted by Gasteiger charge is -2.12. The van der Waals surface area contributed by atoms with Crippen molar-refractivity contribution in [2.24, 2.45) is 0 Å². The van der Waals surface area contributed by atoms with Crippen molar-refractivity contribution in [2.45, 2.75) is 23.6 Å². The molecule has 0 aliphatic heterocycles. The molecule has 4 heteroatoms. The maximum Gasteiger partial charge on any atom is 0.0461 e. The molecule has 20 heavy (non-hydrogen) atoms. The van der Waals surface area contributed by atoms with Crippen LogP contribution in [0, 0.1) is 0 Å². The second-order valence-corrected chi connectivity index (χ2v) is 6.43. The van der Waals surface area contributed by atoms with Crippen LogP contribution < -0.4 is 5.32 Å². The van der Waals surface area contributed by atoms with Crippen molar-refractivity contribution >= 4 is 35.0 Å². The van der Waals surface area contributed by atoms with Crippen LogP contribution in [0.1, 0.15) is 24.1 Å². The van der Waals surface area contributed by atoms with Gasteiger partial charge >= 0.3 is 0 Å². The Hall–Kier alpha value is -0.670. The molecule has 0 radical (unpaired) electrons. The molecule has 2 rings (SSSR count). The normalized spacial score (nSPS) is 12.4. The van der Waals surface area contributed by atoms with Crippen molar-refractivity contribution < 1.29 is 0 Å². The summed E-state index contributed by atoms with van der Waals surface area (Å²) in [5.74, 6) is 0.774. The fourth-order valence-electron chi connectivity index (χ4n) is 1.87. The number of nitrogens with one attached hydrogen (secondary N) is 1. The van der Waals surface area contributed by atoms with Crippen LogP contribution in [-0.2, 0) is 5.75 Å². The van der Waals surface area contributed by atoms with Crippen LogP contribution in [0.25, 0.3) is 0 Å². The molecule has 106 valence electrons. The molecule has 1 atom stereocenters. The summed E-state index contributed by atoms with van der Waals surface area (Å²) in [6.45, 7) is 2.15. The monoisotopic (exact) mass is 325 g/mol. The lowest BCUT2D eigenvalue weighted by molar-refractivity contribution is 0.651. The van der Waals surface area contributed by atoms with Gasteiger partial charge in [-0.3, -0.25) is 0 Å². The lowest BCUT2D eigenvalue weighted by Crippen LogP contribution is -2.11. The molecular formula is C16H17Cl2NS. The highest BCUT2D eigenvalue weighted by molar-refractivity contribution is 7.98. The SMILES string of the molecule is CNC(C)c1cccc(SCc2c(Cl)cccc2Cl)c1. The van der Waals surface area contributed by atoms with Crippen molar-refractivity contribution in [3.05, 3.63) is 63.6 Å². The molecule has 0 aliphatic carbocycles. The highest BCUT2D eigenvalue weighted by Gasteiger charge is 2.07. The molecule has 0 aliphatic rings. The third-order valence-electron chi connectivity index (χ3n) is 3.24. The van der Waals surface area contributed by atoms with Crippen molar-refractivity contribution in [3.63, 3.8) is 0 Å². The summed E-state index contributed by atoms with van der Waals surface area (Å²) in [4.78, 5) is 1.22. The molecule has 0 fully saturated rings. The first-order valence-corrected chi connectivity index (χ1v) is 8.19. The van der Waals surface area contributed by atoms with E-state index in [2.05, 4.69) is 36.5 Å². The predicted octanol–water partition coefficient (Wildman–Crippen LogP) is 5.57. The first-order chi connectivity index (χ1) is 9.61. The van der Waals surface area contributed by atoms with Gasteiger partial charge in [0.1, 0.15) is 0 Å². The van der Waals surface area contributed by atoms with E-state index in [4.69, 9.17) is 23.2 Å². The average molecular weight is 326 g/mol. The highest BCUT2D eigenvalue weighted by Crippen LogP contribution is 2.32. The zero-order valence-corrected chi connectivity index (χ0v) is 13.8. The van der Waals surface area contributed by atoms with Gasteiger partial charge in [0.25, 0.3) is 0 Å². The van der Waals surface area contributed by atoms with Gasteiger partial charge in [0, 0.05) is 26.7 Å². The highest BCUT2D eigenvalue weighted by atomic mass is 35.5. The average Bonchev–Trinajstić information content (AvgIpc) is 2.46. The van der Waals surface area contributed by atoms with E-state index < -0.39 is 0 Å². The number of halogens is 2. The Morgan fingerprint density at radius 1 is 1.10 bits per heavy atom. The zero-order chi connectivity index (χ0) is 14.5. The molecule has 0 bridgehead atoms. The molecule has 0 spiro atoms. The largest absolute Gasteiger partial charge is 0.313 e. The minimum absolute atomic E-state index is 0.347. The Morgan fingerprint density at radius 3 is 2.40 bits per heavy atom. The zero-order valence-electron chi connectivity index (χ0n) is 11.5. The molecule has 0 heterocycles. The predicted molar refractivity (Wildman–Crippen MR) is 89.9 cm³/mol. The standard InChI is InChI=1S/C16H17Cl2NS/c1-11(19-2)12-5-3-6-13(9-12)20-10-14-15(17)7-4-8-16(14)18/h3-9,11,19H,10H2,1-2H3. The van der Waals surface area contributed by atoms with Gasteiger partial charge in [0.2, 0.25) is 0 Å². The Balaban J connectivity index is 2.11. The molecular weight excluding hydrogens is 309 g/mol. The third-order valence-corrected chi connectivity index (χ3v) is 4.96. The van der Waals surface area contributed by atoms with Crippen LogP contribution in [0.15, 0.2) is 47.4 Å². The molecule has 0 saturated heterocycles. The number of thioether (sulfide) groups is 1. The van der Waals surface area contributed by atoms with Gasteiger partial charge in [-0.05, 0) is 49.4 Å². The van der Waals surface area contributed by atoms with E-state index in [1.807, 2.05) is 25.2 Å². The van der Waals surface area contributed by atoms with Crippen LogP contribution in [-0.4, -0.2) is 7.05 Å². The summed E-state index contributed by atoms with van der Waals surface area (Å²) < 4.78 is 0. The molecule has 0 saturated carbocycles. The first kappa shape index (κ1) is 15.7. The van der Waals surface area contributed by atoms with E-state index in [1.165, 1.54) is 10.5 Å². The van der Waals surface area contributed by atoms with Gasteiger partial charge in [-0.2, -0.15) is 0 Å². The molecule has 0 aromatic heterocycles. The summed E-state index contributed by atoms with van der Waals surface area (Å²) >= 11 is 14.1. The second kappa shape index (κ2) is 7.37. The lowest BCUT2D eigenvalue weighted by atomic mass is 10.1. The van der Waals surface area contributed by atoms with Gasteiger partial charge in [-0.15, -0.1) is 11.8 Å². The fraction of sp³-hybridized carbons (Fsp3) is 0.250. The van der Waals surface area contributed by atoms with E-state index in [1.54, 1.807) is 11.8 Å². The van der Waals surface area contributed by atoms with Gasteiger partial charge in [-0.25, -0.2) is 0 Å². The Kier molecular flexibility index (Phi) is 5.79. The Bertz CT molecular complexity index is 566. The summed E-state index contributed by atoms with van der Waals surface area (Å²) in [6, 6.07) is 14.5. The smallest absolute Gasteiger partial charge is 0.0461 e. The van der Waals surface area contributed by atoms with Gasteiger partial charge in [-0.1, -0.05) is 41.4 Å². The number of rotatable bonds is 5. The van der Waals surface area contributed by atoms with Crippen LogP contribution in [0.3, 0.4) is 0 Å². The summed E-state index contributed by atoms with van der Waals surface area (Å²) in [5.41, 5.74) is 2.27. The molecule has 0 amide bonds. The van der Waals surface area contributed by atoms with Gasteiger partial charge in [0.15, 0.2) is 0 Å². The van der Waals surface area contributed by atoms with Crippen LogP contribution in [0.5, 0.6) is 0 Å². The van der Waals surface area contributed by atoms with Crippen LogP contribution in [0.2, 0.25) is 10.0 Å². The van der Waals surface area contributed by atoms with Crippen molar-refractivity contribution in [2.75, 3.05) is 7.05 Å². The first-order valence-electron chi connectivity index (χ1n) is 6.44. The van der Waals surface area contributed by atoms with Crippen molar-refractivity contribution in [3.8, 4) is 0 Å². The molecule has 1 N–H and O–H groups in total. The molecule has 1 unspecified atom stereocenters.